The highest BCUT2D eigenvalue weighted by Gasteiger charge is 2.18. The molecule has 1 N–H and O–H groups in total. The maximum atomic E-state index is 8.21. The van der Waals surface area contributed by atoms with Gasteiger partial charge >= 0.3 is 0 Å². The van der Waals surface area contributed by atoms with Gasteiger partial charge in [0.2, 0.25) is 0 Å². The van der Waals surface area contributed by atoms with Gasteiger partial charge in [0.05, 0.1) is 0 Å². The van der Waals surface area contributed by atoms with Crippen molar-refractivity contribution in [1.82, 2.24) is 0 Å². The van der Waals surface area contributed by atoms with Gasteiger partial charge in [0.15, 0.2) is 0 Å². The zero-order valence-corrected chi connectivity index (χ0v) is 3.15. The normalized spacial score (nSPS) is 19.5. The molecule has 0 heterocycles. The van der Waals surface area contributed by atoms with Crippen LogP contribution in [0.4, 0.5) is 0 Å². The molecule has 1 rings (SSSR count). The fraction of sp³-hybridized carbons (Fsp3) is 1.00. The summed E-state index contributed by atoms with van der Waals surface area (Å²) in [6, 6.07) is 0. The Hall–Kier alpha value is -0.0400. The van der Waals surface area contributed by atoms with Crippen molar-refractivity contribution in [1.29, 1.82) is 0 Å². The van der Waals surface area contributed by atoms with Crippen LogP contribution in [0.25, 0.3) is 0 Å². The van der Waals surface area contributed by atoms with E-state index in [0.29, 0.717) is 12.5 Å². The molecule has 0 saturated heterocycles. The summed E-state index contributed by atoms with van der Waals surface area (Å²) in [6.07, 6.45) is 2.52. The van der Waals surface area contributed by atoms with Crippen LogP contribution in [0.1, 0.15) is 20.3 Å². The second-order valence-corrected chi connectivity index (χ2v) is 1.63. The molecule has 1 heteroatoms. The van der Waals surface area contributed by atoms with E-state index in [2.05, 4.69) is 0 Å². The maximum Gasteiger partial charge on any atom is 0.0459 e. The van der Waals surface area contributed by atoms with E-state index in [0.717, 1.165) is 0 Å². The molecule has 1 saturated carbocycles. The van der Waals surface area contributed by atoms with Crippen LogP contribution in [0.15, 0.2) is 0 Å². The number of hydrogen-bond donors (Lipinski definition) is 1. The molecular weight excluding hydrogens is 76.1 g/mol. The molecular formula is C5H12O. The van der Waals surface area contributed by atoms with Gasteiger partial charge in [-0.1, -0.05) is 7.43 Å². The quantitative estimate of drug-likeness (QED) is 0.507. The zero-order valence-electron chi connectivity index (χ0n) is 3.15. The van der Waals surface area contributed by atoms with E-state index in [1.165, 1.54) is 12.8 Å². The lowest BCUT2D eigenvalue weighted by Gasteiger charge is -1.73. The summed E-state index contributed by atoms with van der Waals surface area (Å²) < 4.78 is 0. The molecule has 38 valence electrons. The minimum atomic E-state index is 0. The highest BCUT2D eigenvalue weighted by Crippen LogP contribution is 2.27. The second-order valence-electron chi connectivity index (χ2n) is 1.63. The lowest BCUT2D eigenvalue weighted by atomic mass is 10.5. The van der Waals surface area contributed by atoms with Crippen molar-refractivity contribution in [2.45, 2.75) is 20.3 Å². The number of aliphatic hydroxyl groups is 1. The number of rotatable bonds is 1. The van der Waals surface area contributed by atoms with Crippen molar-refractivity contribution >= 4 is 0 Å². The first-order chi connectivity index (χ1) is 2.43. The first-order valence-electron chi connectivity index (χ1n) is 2.04. The third-order valence-electron chi connectivity index (χ3n) is 0.955. The van der Waals surface area contributed by atoms with Gasteiger partial charge in [0.1, 0.15) is 0 Å². The molecule has 0 bridgehead atoms. The molecule has 0 radical (unpaired) electrons. The SMILES string of the molecule is C.OCC1CC1. The molecule has 1 fully saturated rings. The summed E-state index contributed by atoms with van der Waals surface area (Å²) in [4.78, 5) is 0. The molecule has 1 nitrogen and oxygen atoms in total. The van der Waals surface area contributed by atoms with Gasteiger partial charge in [-0.3, -0.25) is 0 Å². The lowest BCUT2D eigenvalue weighted by molar-refractivity contribution is 0.277. The smallest absolute Gasteiger partial charge is 0.0459 e. The van der Waals surface area contributed by atoms with E-state index < -0.39 is 0 Å². The highest BCUT2D eigenvalue weighted by atomic mass is 16.3. The van der Waals surface area contributed by atoms with Crippen LogP contribution >= 0.6 is 0 Å². The Morgan fingerprint density at radius 3 is 2.00 bits per heavy atom. The molecule has 1 aliphatic carbocycles. The van der Waals surface area contributed by atoms with E-state index >= 15 is 0 Å². The summed E-state index contributed by atoms with van der Waals surface area (Å²) in [5.41, 5.74) is 0. The Labute approximate surface area is 39.0 Å². The third-order valence-corrected chi connectivity index (χ3v) is 0.955. The second kappa shape index (κ2) is 2.19. The predicted molar refractivity (Wildman–Crippen MR) is 26.5 cm³/mol. The third kappa shape index (κ3) is 1.41. The summed E-state index contributed by atoms with van der Waals surface area (Å²) in [5, 5.41) is 8.21. The van der Waals surface area contributed by atoms with E-state index in [4.69, 9.17) is 5.11 Å². The fourth-order valence-corrected chi connectivity index (χ4v) is 0.300. The van der Waals surface area contributed by atoms with Crippen LogP contribution in [0, 0.1) is 5.92 Å². The average Bonchev–Trinajstić information content (AvgIpc) is 2.12. The van der Waals surface area contributed by atoms with E-state index in [9.17, 15) is 0 Å². The maximum absolute atomic E-state index is 8.21. The van der Waals surface area contributed by atoms with Crippen molar-refractivity contribution in [3.05, 3.63) is 0 Å². The van der Waals surface area contributed by atoms with E-state index in [-0.39, 0.29) is 7.43 Å². The van der Waals surface area contributed by atoms with Crippen molar-refractivity contribution in [3.63, 3.8) is 0 Å². The zero-order chi connectivity index (χ0) is 3.70. The lowest BCUT2D eigenvalue weighted by Crippen LogP contribution is -1.78. The Morgan fingerprint density at radius 2 is 2.00 bits per heavy atom. The van der Waals surface area contributed by atoms with Crippen LogP contribution < -0.4 is 0 Å². The summed E-state index contributed by atoms with van der Waals surface area (Å²) in [7, 11) is 0. The Morgan fingerprint density at radius 1 is 1.50 bits per heavy atom. The monoisotopic (exact) mass is 88.1 g/mol. The van der Waals surface area contributed by atoms with Crippen LogP contribution in [0.2, 0.25) is 0 Å². The predicted octanol–water partition coefficient (Wildman–Crippen LogP) is 1.02. The minimum absolute atomic E-state index is 0. The molecule has 0 aliphatic heterocycles. The molecule has 1 aliphatic rings. The molecule has 0 amide bonds. The molecule has 0 spiro atoms. The van der Waals surface area contributed by atoms with Gasteiger partial charge in [0.25, 0.3) is 0 Å². The Bertz CT molecular complexity index is 30.9. The molecule has 0 unspecified atom stereocenters. The minimum Gasteiger partial charge on any atom is -0.396 e. The molecule has 0 aromatic rings. The largest absolute Gasteiger partial charge is 0.396 e. The Kier molecular flexibility index (Phi) is 2.18. The fourth-order valence-electron chi connectivity index (χ4n) is 0.300. The molecule has 0 aromatic heterocycles. The summed E-state index contributed by atoms with van der Waals surface area (Å²) in [6.45, 7) is 0.417. The van der Waals surface area contributed by atoms with Crippen LogP contribution in [-0.4, -0.2) is 11.7 Å². The van der Waals surface area contributed by atoms with Gasteiger partial charge < -0.3 is 5.11 Å². The van der Waals surface area contributed by atoms with Crippen molar-refractivity contribution < 1.29 is 5.11 Å². The molecule has 0 aromatic carbocycles. The number of hydrogen-bond acceptors (Lipinski definition) is 1. The Balaban J connectivity index is 0.000000250. The van der Waals surface area contributed by atoms with Crippen LogP contribution in [0.3, 0.4) is 0 Å². The van der Waals surface area contributed by atoms with Crippen LogP contribution in [0.5, 0.6) is 0 Å². The van der Waals surface area contributed by atoms with E-state index in [1.54, 1.807) is 0 Å². The summed E-state index contributed by atoms with van der Waals surface area (Å²) in [5.74, 6) is 0.690. The molecule has 6 heavy (non-hydrogen) atoms. The number of aliphatic hydroxyl groups excluding tert-OH is 1. The highest BCUT2D eigenvalue weighted by molar-refractivity contribution is 4.70. The van der Waals surface area contributed by atoms with Gasteiger partial charge in [-0.15, -0.1) is 0 Å². The standard InChI is InChI=1S/C4H8O.CH4/c5-3-4-1-2-4;/h4-5H,1-3H2;1H4. The molecule has 0 atom stereocenters. The van der Waals surface area contributed by atoms with Crippen LogP contribution in [-0.2, 0) is 0 Å². The average molecular weight is 88.2 g/mol. The van der Waals surface area contributed by atoms with Gasteiger partial charge in [-0.2, -0.15) is 0 Å². The van der Waals surface area contributed by atoms with Gasteiger partial charge in [-0.05, 0) is 18.8 Å². The first-order valence-corrected chi connectivity index (χ1v) is 2.04. The van der Waals surface area contributed by atoms with Crippen molar-refractivity contribution in [2.24, 2.45) is 5.92 Å². The first kappa shape index (κ1) is 5.96. The topological polar surface area (TPSA) is 20.2 Å². The summed E-state index contributed by atoms with van der Waals surface area (Å²) >= 11 is 0. The van der Waals surface area contributed by atoms with Crippen molar-refractivity contribution in [2.75, 3.05) is 6.61 Å². The van der Waals surface area contributed by atoms with Crippen molar-refractivity contribution in [3.8, 4) is 0 Å². The van der Waals surface area contributed by atoms with E-state index in [1.807, 2.05) is 0 Å². The van der Waals surface area contributed by atoms with Gasteiger partial charge in [0, 0.05) is 6.61 Å². The van der Waals surface area contributed by atoms with Gasteiger partial charge in [-0.25, -0.2) is 0 Å².